The first-order chi connectivity index (χ1) is 12.0. The molecule has 6 heteroatoms. The summed E-state index contributed by atoms with van der Waals surface area (Å²) in [6, 6.07) is 16.9. The van der Waals surface area contributed by atoms with Crippen molar-refractivity contribution in [1.29, 1.82) is 0 Å². The van der Waals surface area contributed by atoms with Crippen LogP contribution in [0.5, 0.6) is 0 Å². The third-order valence-corrected chi connectivity index (χ3v) is 4.17. The van der Waals surface area contributed by atoms with Crippen LogP contribution in [-0.4, -0.2) is 35.3 Å². The lowest BCUT2D eigenvalue weighted by molar-refractivity contribution is -0.537. The Kier molecular flexibility index (Phi) is 6.65. The van der Waals surface area contributed by atoms with Gasteiger partial charge in [0.05, 0.1) is 13.0 Å². The van der Waals surface area contributed by atoms with Crippen LogP contribution in [0.1, 0.15) is 29.9 Å². The third kappa shape index (κ3) is 4.87. The SMILES string of the molecule is COC(=O)CCC(O)C(C(c1ccccc1)c1ccccc1)[N+](=O)[O-]. The molecule has 132 valence electrons. The van der Waals surface area contributed by atoms with Crippen LogP contribution in [0.15, 0.2) is 60.7 Å². The van der Waals surface area contributed by atoms with Crippen molar-refractivity contribution < 1.29 is 19.6 Å². The first-order valence-electron chi connectivity index (χ1n) is 8.03. The maximum atomic E-state index is 11.8. The molecule has 0 heterocycles. The van der Waals surface area contributed by atoms with E-state index >= 15 is 0 Å². The van der Waals surface area contributed by atoms with E-state index in [0.29, 0.717) is 0 Å². The van der Waals surface area contributed by atoms with E-state index in [1.54, 1.807) is 24.3 Å². The number of benzene rings is 2. The average molecular weight is 343 g/mol. The molecule has 0 bridgehead atoms. The van der Waals surface area contributed by atoms with E-state index in [9.17, 15) is 20.0 Å². The summed E-state index contributed by atoms with van der Waals surface area (Å²) >= 11 is 0. The summed E-state index contributed by atoms with van der Waals surface area (Å²) in [5.41, 5.74) is 1.49. The zero-order valence-corrected chi connectivity index (χ0v) is 13.9. The van der Waals surface area contributed by atoms with Gasteiger partial charge in [0.15, 0.2) is 0 Å². The molecule has 2 aromatic carbocycles. The minimum absolute atomic E-state index is 0.0332. The maximum Gasteiger partial charge on any atom is 0.305 e. The number of rotatable bonds is 8. The first kappa shape index (κ1) is 18.6. The summed E-state index contributed by atoms with van der Waals surface area (Å²) in [5, 5.41) is 22.2. The molecule has 2 aromatic rings. The van der Waals surface area contributed by atoms with E-state index in [0.717, 1.165) is 11.1 Å². The van der Waals surface area contributed by atoms with Crippen molar-refractivity contribution in [2.24, 2.45) is 0 Å². The minimum Gasteiger partial charge on any atom is -0.469 e. The summed E-state index contributed by atoms with van der Waals surface area (Å²) in [4.78, 5) is 22.6. The molecule has 25 heavy (non-hydrogen) atoms. The summed E-state index contributed by atoms with van der Waals surface area (Å²) in [7, 11) is 1.25. The van der Waals surface area contributed by atoms with Gasteiger partial charge in [-0.15, -0.1) is 0 Å². The van der Waals surface area contributed by atoms with Crippen molar-refractivity contribution in [2.75, 3.05) is 7.11 Å². The molecule has 0 amide bonds. The summed E-state index contributed by atoms with van der Waals surface area (Å²) in [6.07, 6.45) is -1.38. The van der Waals surface area contributed by atoms with E-state index in [4.69, 9.17) is 0 Å². The van der Waals surface area contributed by atoms with Crippen molar-refractivity contribution in [2.45, 2.75) is 30.9 Å². The van der Waals surface area contributed by atoms with Crippen LogP contribution in [0.2, 0.25) is 0 Å². The Bertz CT molecular complexity index is 650. The summed E-state index contributed by atoms with van der Waals surface area (Å²) < 4.78 is 4.55. The van der Waals surface area contributed by atoms with E-state index < -0.39 is 29.0 Å². The molecule has 0 aliphatic carbocycles. The van der Waals surface area contributed by atoms with Crippen molar-refractivity contribution in [3.8, 4) is 0 Å². The molecule has 0 fully saturated rings. The molecule has 1 N–H and O–H groups in total. The van der Waals surface area contributed by atoms with E-state index in [2.05, 4.69) is 4.74 Å². The average Bonchev–Trinajstić information content (AvgIpc) is 2.64. The predicted octanol–water partition coefficient (Wildman–Crippen LogP) is 2.78. The fourth-order valence-electron chi connectivity index (χ4n) is 2.93. The number of aliphatic hydroxyl groups is 1. The molecule has 0 radical (unpaired) electrons. The number of carbonyl (C=O) groups excluding carboxylic acids is 1. The second-order valence-electron chi connectivity index (χ2n) is 5.76. The van der Waals surface area contributed by atoms with E-state index in [1.807, 2.05) is 36.4 Å². The fourth-order valence-corrected chi connectivity index (χ4v) is 2.93. The van der Waals surface area contributed by atoms with Crippen molar-refractivity contribution in [3.63, 3.8) is 0 Å². The highest BCUT2D eigenvalue weighted by Gasteiger charge is 2.40. The van der Waals surface area contributed by atoms with Crippen LogP contribution < -0.4 is 0 Å². The first-order valence-corrected chi connectivity index (χ1v) is 8.03. The van der Waals surface area contributed by atoms with E-state index in [-0.39, 0.29) is 12.8 Å². The van der Waals surface area contributed by atoms with Crippen LogP contribution in [0.25, 0.3) is 0 Å². The number of methoxy groups -OCH3 is 1. The Hall–Kier alpha value is -2.73. The van der Waals surface area contributed by atoms with Crippen LogP contribution in [0.4, 0.5) is 0 Å². The number of nitrogens with zero attached hydrogens (tertiary/aromatic N) is 1. The summed E-state index contributed by atoms with van der Waals surface area (Å²) in [6.45, 7) is 0. The van der Waals surface area contributed by atoms with Gasteiger partial charge in [-0.3, -0.25) is 14.9 Å². The van der Waals surface area contributed by atoms with Crippen LogP contribution in [0.3, 0.4) is 0 Å². The number of esters is 1. The molecule has 0 aromatic heterocycles. The lowest BCUT2D eigenvalue weighted by Crippen LogP contribution is -2.40. The van der Waals surface area contributed by atoms with Crippen LogP contribution >= 0.6 is 0 Å². The minimum atomic E-state index is -1.28. The highest BCUT2D eigenvalue weighted by Crippen LogP contribution is 2.32. The Labute approximate surface area is 146 Å². The molecule has 2 rings (SSSR count). The summed E-state index contributed by atoms with van der Waals surface area (Å²) in [5.74, 6) is -1.12. The Morgan fingerprint density at radius 2 is 1.56 bits per heavy atom. The van der Waals surface area contributed by atoms with Gasteiger partial charge in [0.2, 0.25) is 6.04 Å². The van der Waals surface area contributed by atoms with Crippen molar-refractivity contribution >= 4 is 5.97 Å². The molecular weight excluding hydrogens is 322 g/mol. The van der Waals surface area contributed by atoms with Crippen molar-refractivity contribution in [3.05, 3.63) is 81.9 Å². The molecule has 6 nitrogen and oxygen atoms in total. The molecule has 0 aliphatic rings. The lowest BCUT2D eigenvalue weighted by atomic mass is 9.82. The molecule has 0 saturated carbocycles. The molecule has 2 atom stereocenters. The standard InChI is InChI=1S/C19H21NO5/c1-25-17(22)13-12-16(21)19(20(23)24)18(14-8-4-2-5-9-14)15-10-6-3-7-11-15/h2-11,16,18-19,21H,12-13H2,1H3. The van der Waals surface area contributed by atoms with Crippen molar-refractivity contribution in [1.82, 2.24) is 0 Å². The molecule has 0 spiro atoms. The smallest absolute Gasteiger partial charge is 0.305 e. The van der Waals surface area contributed by atoms with Gasteiger partial charge in [-0.25, -0.2) is 0 Å². The number of hydrogen-bond donors (Lipinski definition) is 1. The van der Waals surface area contributed by atoms with Crippen LogP contribution in [-0.2, 0) is 9.53 Å². The highest BCUT2D eigenvalue weighted by atomic mass is 16.6. The lowest BCUT2D eigenvalue weighted by Gasteiger charge is -2.25. The van der Waals surface area contributed by atoms with Gasteiger partial charge in [-0.1, -0.05) is 60.7 Å². The van der Waals surface area contributed by atoms with Gasteiger partial charge in [0.25, 0.3) is 0 Å². The number of carbonyl (C=O) groups is 1. The molecule has 0 saturated heterocycles. The van der Waals surface area contributed by atoms with Gasteiger partial charge in [-0.05, 0) is 17.5 Å². The monoisotopic (exact) mass is 343 g/mol. The fraction of sp³-hybridized carbons (Fsp3) is 0.316. The topological polar surface area (TPSA) is 89.7 Å². The number of aliphatic hydroxyl groups excluding tert-OH is 1. The second kappa shape index (κ2) is 8.94. The van der Waals surface area contributed by atoms with Gasteiger partial charge in [0.1, 0.15) is 6.10 Å². The Balaban J connectivity index is 2.38. The number of nitro groups is 1. The predicted molar refractivity (Wildman–Crippen MR) is 92.8 cm³/mol. The largest absolute Gasteiger partial charge is 0.469 e. The molecular formula is C19H21NO5. The Morgan fingerprint density at radius 1 is 1.08 bits per heavy atom. The van der Waals surface area contributed by atoms with Gasteiger partial charge >= 0.3 is 5.97 Å². The molecule has 2 unspecified atom stereocenters. The van der Waals surface area contributed by atoms with E-state index in [1.165, 1.54) is 7.11 Å². The van der Waals surface area contributed by atoms with Gasteiger partial charge in [-0.2, -0.15) is 0 Å². The number of ether oxygens (including phenoxy) is 1. The molecule has 0 aliphatic heterocycles. The third-order valence-electron chi connectivity index (χ3n) is 4.17. The zero-order chi connectivity index (χ0) is 18.2. The highest BCUT2D eigenvalue weighted by molar-refractivity contribution is 5.69. The maximum absolute atomic E-state index is 11.8. The van der Waals surface area contributed by atoms with Gasteiger partial charge < -0.3 is 9.84 Å². The zero-order valence-electron chi connectivity index (χ0n) is 13.9. The Morgan fingerprint density at radius 3 is 1.96 bits per heavy atom. The quantitative estimate of drug-likeness (QED) is 0.452. The number of hydrogen-bond acceptors (Lipinski definition) is 5. The van der Waals surface area contributed by atoms with Gasteiger partial charge in [0, 0.05) is 11.3 Å². The normalized spacial score (nSPS) is 13.2. The van der Waals surface area contributed by atoms with Crippen LogP contribution in [0, 0.1) is 10.1 Å². The second-order valence-corrected chi connectivity index (χ2v) is 5.76.